The van der Waals surface area contributed by atoms with Crippen LogP contribution in [-0.4, -0.2) is 17.8 Å². The zero-order valence-electron chi connectivity index (χ0n) is 21.1. The Morgan fingerprint density at radius 1 is 1.06 bits per heavy atom. The first-order valence-corrected chi connectivity index (χ1v) is 13.2. The van der Waals surface area contributed by atoms with Gasteiger partial charge in [0.05, 0.1) is 6.10 Å². The predicted molar refractivity (Wildman–Crippen MR) is 138 cm³/mol. The van der Waals surface area contributed by atoms with Gasteiger partial charge in [0.1, 0.15) is 6.61 Å². The van der Waals surface area contributed by atoms with Gasteiger partial charge in [0, 0.05) is 5.56 Å². The van der Waals surface area contributed by atoms with E-state index in [-0.39, 0.29) is 30.2 Å². The molecule has 2 atom stereocenters. The molecule has 2 aliphatic rings. The molecule has 1 saturated carbocycles. The summed E-state index contributed by atoms with van der Waals surface area (Å²) in [4.78, 5) is 0. The van der Waals surface area contributed by atoms with Gasteiger partial charge < -0.3 is 9.84 Å². The first-order valence-electron chi connectivity index (χ1n) is 13.2. The molecule has 1 fully saturated rings. The molecule has 0 aliphatic heterocycles. The van der Waals surface area contributed by atoms with Crippen molar-refractivity contribution in [3.8, 4) is 5.75 Å². The molecule has 36 heavy (non-hydrogen) atoms. The Morgan fingerprint density at radius 2 is 1.83 bits per heavy atom. The largest absolute Gasteiger partial charge is 0.486 e. The van der Waals surface area contributed by atoms with Gasteiger partial charge in [-0.3, -0.25) is 0 Å². The van der Waals surface area contributed by atoms with Crippen molar-refractivity contribution in [1.82, 2.24) is 0 Å². The number of halogens is 3. The number of aliphatic hydroxyl groups is 1. The second-order valence-corrected chi connectivity index (χ2v) is 10.5. The Morgan fingerprint density at radius 3 is 2.47 bits per heavy atom. The maximum atomic E-state index is 14.9. The highest BCUT2D eigenvalue weighted by Gasteiger charge is 2.25. The zero-order valence-corrected chi connectivity index (χ0v) is 21.1. The lowest BCUT2D eigenvalue weighted by atomic mass is 9.77. The van der Waals surface area contributed by atoms with Crippen molar-refractivity contribution in [3.05, 3.63) is 83.2 Å². The van der Waals surface area contributed by atoms with E-state index in [9.17, 15) is 18.3 Å². The molecule has 0 aromatic heterocycles. The number of aryl methyl sites for hydroxylation is 1. The predicted octanol–water partition coefficient (Wildman–Crippen LogP) is 8.14. The van der Waals surface area contributed by atoms with Gasteiger partial charge in [0.15, 0.2) is 23.2 Å². The standard InChI is InChI=1S/C31H37F3O2/c1-3-18-36-29-17-15-26(19-28(29)32)23-7-4-21(5-8-23)6-9-25-14-16-27(31(34)30(25)33)24-12-10-22(11-13-24)20(2)35/h3,12,14-17,19-23,35H,1,4-11,13,18H2,2H3. The third-order valence-electron chi connectivity index (χ3n) is 8.09. The van der Waals surface area contributed by atoms with Crippen molar-refractivity contribution >= 4 is 5.57 Å². The Balaban J connectivity index is 1.30. The molecule has 0 spiro atoms. The highest BCUT2D eigenvalue weighted by molar-refractivity contribution is 5.67. The molecule has 1 N–H and O–H groups in total. The maximum absolute atomic E-state index is 14.9. The van der Waals surface area contributed by atoms with Gasteiger partial charge in [-0.05, 0) is 111 Å². The third kappa shape index (κ3) is 6.23. The highest BCUT2D eigenvalue weighted by atomic mass is 19.2. The van der Waals surface area contributed by atoms with Crippen LogP contribution in [0.15, 0.2) is 49.1 Å². The van der Waals surface area contributed by atoms with Crippen LogP contribution >= 0.6 is 0 Å². The molecule has 0 saturated heterocycles. The second-order valence-electron chi connectivity index (χ2n) is 10.5. The highest BCUT2D eigenvalue weighted by Crippen LogP contribution is 2.39. The Bertz CT molecular complexity index is 1080. The molecule has 0 heterocycles. The first-order chi connectivity index (χ1) is 17.4. The van der Waals surface area contributed by atoms with Crippen molar-refractivity contribution in [2.45, 2.75) is 76.7 Å². The first kappa shape index (κ1) is 26.5. The van der Waals surface area contributed by atoms with E-state index in [0.29, 0.717) is 42.2 Å². The lowest BCUT2D eigenvalue weighted by Gasteiger charge is -2.29. The molecule has 4 rings (SSSR count). The van der Waals surface area contributed by atoms with E-state index in [1.807, 2.05) is 12.1 Å². The van der Waals surface area contributed by atoms with Crippen molar-refractivity contribution in [1.29, 1.82) is 0 Å². The molecule has 2 nitrogen and oxygen atoms in total. The van der Waals surface area contributed by atoms with Gasteiger partial charge in [-0.1, -0.05) is 36.9 Å². The lowest BCUT2D eigenvalue weighted by molar-refractivity contribution is 0.120. The molecule has 5 heteroatoms. The normalized spacial score (nSPS) is 23.1. The van der Waals surface area contributed by atoms with E-state index >= 15 is 0 Å². The van der Waals surface area contributed by atoms with E-state index < -0.39 is 11.6 Å². The molecule has 2 aliphatic carbocycles. The van der Waals surface area contributed by atoms with E-state index in [0.717, 1.165) is 49.7 Å². The molecule has 0 radical (unpaired) electrons. The van der Waals surface area contributed by atoms with Crippen molar-refractivity contribution in [2.24, 2.45) is 11.8 Å². The van der Waals surface area contributed by atoms with Crippen LogP contribution in [0.3, 0.4) is 0 Å². The van der Waals surface area contributed by atoms with Gasteiger partial charge in [-0.15, -0.1) is 0 Å². The number of hydrogen-bond acceptors (Lipinski definition) is 2. The number of hydrogen-bond donors (Lipinski definition) is 1. The van der Waals surface area contributed by atoms with Crippen LogP contribution in [0.5, 0.6) is 5.75 Å². The van der Waals surface area contributed by atoms with Crippen LogP contribution in [0.25, 0.3) is 5.57 Å². The minimum absolute atomic E-state index is 0.186. The number of ether oxygens (including phenoxy) is 1. The van der Waals surface area contributed by atoms with Crippen LogP contribution in [0, 0.1) is 29.3 Å². The topological polar surface area (TPSA) is 29.5 Å². The smallest absolute Gasteiger partial charge is 0.166 e. The van der Waals surface area contributed by atoms with E-state index in [4.69, 9.17) is 4.74 Å². The lowest BCUT2D eigenvalue weighted by Crippen LogP contribution is -2.18. The van der Waals surface area contributed by atoms with Gasteiger partial charge in [-0.25, -0.2) is 13.2 Å². The fourth-order valence-electron chi connectivity index (χ4n) is 5.75. The number of allylic oxidation sites excluding steroid dienone is 2. The van der Waals surface area contributed by atoms with Crippen molar-refractivity contribution in [3.63, 3.8) is 0 Å². The average molecular weight is 499 g/mol. The quantitative estimate of drug-likeness (QED) is 0.354. The zero-order chi connectivity index (χ0) is 25.7. The van der Waals surface area contributed by atoms with Crippen LogP contribution in [0.4, 0.5) is 13.2 Å². The summed E-state index contributed by atoms with van der Waals surface area (Å²) < 4.78 is 49.5. The summed E-state index contributed by atoms with van der Waals surface area (Å²) in [7, 11) is 0. The molecular weight excluding hydrogens is 461 g/mol. The Kier molecular flexibility index (Phi) is 8.95. The minimum Gasteiger partial charge on any atom is -0.486 e. The average Bonchev–Trinajstić information content (AvgIpc) is 2.89. The molecule has 2 unspecified atom stereocenters. The monoisotopic (exact) mass is 498 g/mol. The van der Waals surface area contributed by atoms with E-state index in [1.165, 1.54) is 0 Å². The molecular formula is C31H37F3O2. The van der Waals surface area contributed by atoms with Gasteiger partial charge in [0.25, 0.3) is 0 Å². The second kappa shape index (κ2) is 12.1. The summed E-state index contributed by atoms with van der Waals surface area (Å²) in [6.45, 7) is 5.64. The SMILES string of the molecule is C=CCOc1ccc(C2CCC(CCc3ccc(C4=CCC(C(C)O)CC4)c(F)c3F)CC2)cc1F. The van der Waals surface area contributed by atoms with Crippen LogP contribution in [0.1, 0.15) is 80.9 Å². The summed E-state index contributed by atoms with van der Waals surface area (Å²) in [5.74, 6) is -0.613. The summed E-state index contributed by atoms with van der Waals surface area (Å²) >= 11 is 0. The van der Waals surface area contributed by atoms with Gasteiger partial charge in [0.2, 0.25) is 0 Å². The fourth-order valence-corrected chi connectivity index (χ4v) is 5.75. The summed E-state index contributed by atoms with van der Waals surface area (Å²) in [6.07, 6.45) is 10.6. The molecule has 2 aromatic carbocycles. The maximum Gasteiger partial charge on any atom is 0.166 e. The third-order valence-corrected chi connectivity index (χ3v) is 8.09. The van der Waals surface area contributed by atoms with Crippen LogP contribution < -0.4 is 4.74 Å². The number of rotatable bonds is 9. The summed E-state index contributed by atoms with van der Waals surface area (Å²) in [6, 6.07) is 8.67. The Labute approximate surface area is 212 Å². The van der Waals surface area contributed by atoms with Crippen LogP contribution in [0.2, 0.25) is 0 Å². The molecule has 0 amide bonds. The Hall–Kier alpha value is -2.53. The summed E-state index contributed by atoms with van der Waals surface area (Å²) in [5, 5.41) is 9.77. The van der Waals surface area contributed by atoms with Crippen molar-refractivity contribution < 1.29 is 23.0 Å². The molecule has 0 bridgehead atoms. The van der Waals surface area contributed by atoms with E-state index in [2.05, 4.69) is 6.58 Å². The van der Waals surface area contributed by atoms with Gasteiger partial charge in [-0.2, -0.15) is 0 Å². The van der Waals surface area contributed by atoms with Crippen molar-refractivity contribution in [2.75, 3.05) is 6.61 Å². The van der Waals surface area contributed by atoms with Crippen LogP contribution in [-0.2, 0) is 6.42 Å². The van der Waals surface area contributed by atoms with E-state index in [1.54, 1.807) is 37.3 Å². The fraction of sp³-hybridized carbons (Fsp3) is 0.484. The summed E-state index contributed by atoms with van der Waals surface area (Å²) in [5.41, 5.74) is 2.63. The van der Waals surface area contributed by atoms with Gasteiger partial charge >= 0.3 is 0 Å². The molecule has 2 aromatic rings. The molecule has 194 valence electrons. The number of benzene rings is 2. The minimum atomic E-state index is -0.750. The number of aliphatic hydroxyl groups excluding tert-OH is 1.